The Hall–Kier alpha value is -0.275. The molecule has 1 aliphatic heterocycles. The summed E-state index contributed by atoms with van der Waals surface area (Å²) in [6, 6.07) is 0. The molecular formula is C14H25BO2. The third-order valence-electron chi connectivity index (χ3n) is 4.46. The summed E-state index contributed by atoms with van der Waals surface area (Å²) < 4.78 is 11.9. The first-order valence-corrected chi connectivity index (χ1v) is 6.95. The molecule has 0 bridgehead atoms. The summed E-state index contributed by atoms with van der Waals surface area (Å²) in [5.74, 6) is 2.86. The molecule has 2 nitrogen and oxygen atoms in total. The first kappa shape index (κ1) is 13.2. The molecule has 17 heavy (non-hydrogen) atoms. The Bertz CT molecular complexity index is 275. The van der Waals surface area contributed by atoms with E-state index in [9.17, 15) is 0 Å². The van der Waals surface area contributed by atoms with Crippen LogP contribution >= 0.6 is 0 Å². The summed E-state index contributed by atoms with van der Waals surface area (Å²) in [7, 11) is -0.165. The summed E-state index contributed by atoms with van der Waals surface area (Å²) in [4.78, 5) is 0. The van der Waals surface area contributed by atoms with Crippen molar-refractivity contribution in [2.45, 2.75) is 71.0 Å². The molecule has 1 saturated heterocycles. The van der Waals surface area contributed by atoms with Crippen molar-refractivity contribution in [2.75, 3.05) is 0 Å². The summed E-state index contributed by atoms with van der Waals surface area (Å²) in [5.41, 5.74) is -0.427. The van der Waals surface area contributed by atoms with Gasteiger partial charge in [0, 0.05) is 0 Å². The molecule has 2 aliphatic rings. The minimum atomic E-state index is -0.214. The molecule has 0 spiro atoms. The van der Waals surface area contributed by atoms with Gasteiger partial charge < -0.3 is 9.31 Å². The fourth-order valence-electron chi connectivity index (χ4n) is 2.54. The largest absolute Gasteiger partial charge is 0.486 e. The molecular weight excluding hydrogens is 211 g/mol. The Balaban J connectivity index is 1.90. The Morgan fingerprint density at radius 2 is 1.47 bits per heavy atom. The molecule has 0 N–H and O–H groups in total. The molecule has 1 aliphatic carbocycles. The second-order valence-electron chi connectivity index (χ2n) is 6.41. The van der Waals surface area contributed by atoms with Gasteiger partial charge in [0.2, 0.25) is 0 Å². The van der Waals surface area contributed by atoms with Crippen LogP contribution in [0.4, 0.5) is 0 Å². The van der Waals surface area contributed by atoms with Crippen molar-refractivity contribution in [2.24, 2.45) is 5.92 Å². The van der Waals surface area contributed by atoms with Gasteiger partial charge in [-0.25, -0.2) is 0 Å². The highest BCUT2D eigenvalue weighted by Crippen LogP contribution is 2.37. The topological polar surface area (TPSA) is 18.5 Å². The van der Waals surface area contributed by atoms with Crippen LogP contribution in [-0.4, -0.2) is 18.3 Å². The van der Waals surface area contributed by atoms with E-state index in [1.807, 2.05) is 0 Å². The average Bonchev–Trinajstić information content (AvgIpc) is 2.46. The van der Waals surface area contributed by atoms with Gasteiger partial charge in [-0.3, -0.25) is 0 Å². The number of allylic oxidation sites excluding steroid dienone is 1. The minimum Gasteiger partial charge on any atom is -0.400 e. The smallest absolute Gasteiger partial charge is 0.400 e. The van der Waals surface area contributed by atoms with Crippen molar-refractivity contribution in [1.29, 1.82) is 0 Å². The van der Waals surface area contributed by atoms with E-state index in [0.29, 0.717) is 0 Å². The molecule has 3 heteroatoms. The van der Waals surface area contributed by atoms with E-state index < -0.39 is 0 Å². The van der Waals surface area contributed by atoms with Gasteiger partial charge in [-0.15, -0.1) is 0 Å². The second kappa shape index (κ2) is 4.77. The van der Waals surface area contributed by atoms with Crippen LogP contribution in [0.25, 0.3) is 0 Å². The molecule has 0 aromatic heterocycles. The average molecular weight is 236 g/mol. The lowest BCUT2D eigenvalue weighted by atomic mass is 9.83. The van der Waals surface area contributed by atoms with Crippen molar-refractivity contribution in [3.63, 3.8) is 0 Å². The van der Waals surface area contributed by atoms with Crippen LogP contribution in [0, 0.1) is 5.92 Å². The van der Waals surface area contributed by atoms with Gasteiger partial charge in [-0.2, -0.15) is 0 Å². The summed E-state index contributed by atoms with van der Waals surface area (Å²) >= 11 is 0. The highest BCUT2D eigenvalue weighted by Gasteiger charge is 2.50. The van der Waals surface area contributed by atoms with Gasteiger partial charge in [-0.05, 0) is 46.5 Å². The van der Waals surface area contributed by atoms with Gasteiger partial charge in [-0.1, -0.05) is 31.3 Å². The van der Waals surface area contributed by atoms with Crippen LogP contribution in [0.2, 0.25) is 0 Å². The lowest BCUT2D eigenvalue weighted by molar-refractivity contribution is 0.00578. The lowest BCUT2D eigenvalue weighted by Gasteiger charge is -2.32. The summed E-state index contributed by atoms with van der Waals surface area (Å²) in [5, 5.41) is 0. The van der Waals surface area contributed by atoms with Crippen LogP contribution in [0.1, 0.15) is 59.8 Å². The van der Waals surface area contributed by atoms with E-state index in [0.717, 1.165) is 5.92 Å². The fraction of sp³-hybridized carbons (Fsp3) is 0.857. The molecule has 2 fully saturated rings. The van der Waals surface area contributed by atoms with Gasteiger partial charge in [0.15, 0.2) is 0 Å². The number of hydrogen-bond acceptors (Lipinski definition) is 2. The molecule has 1 saturated carbocycles. The maximum absolute atomic E-state index is 5.95. The molecule has 0 unspecified atom stereocenters. The number of hydrogen-bond donors (Lipinski definition) is 0. The van der Waals surface area contributed by atoms with E-state index in [1.54, 1.807) is 0 Å². The molecule has 96 valence electrons. The zero-order valence-electron chi connectivity index (χ0n) is 11.7. The van der Waals surface area contributed by atoms with E-state index in [4.69, 9.17) is 9.31 Å². The fourth-order valence-corrected chi connectivity index (χ4v) is 2.54. The molecule has 0 amide bonds. The van der Waals surface area contributed by atoms with Crippen LogP contribution in [0.15, 0.2) is 12.1 Å². The minimum absolute atomic E-state index is 0.165. The molecule has 0 atom stereocenters. The molecule has 0 aromatic carbocycles. The first-order chi connectivity index (χ1) is 7.91. The Morgan fingerprint density at radius 3 is 2.00 bits per heavy atom. The van der Waals surface area contributed by atoms with E-state index >= 15 is 0 Å². The van der Waals surface area contributed by atoms with Crippen molar-refractivity contribution in [3.05, 3.63) is 12.1 Å². The van der Waals surface area contributed by atoms with Crippen LogP contribution in [-0.2, 0) is 9.31 Å². The van der Waals surface area contributed by atoms with Crippen molar-refractivity contribution < 1.29 is 9.31 Å². The van der Waals surface area contributed by atoms with Gasteiger partial charge >= 0.3 is 7.12 Å². The predicted octanol–water partition coefficient (Wildman–Crippen LogP) is 3.75. The van der Waals surface area contributed by atoms with Gasteiger partial charge in [0.05, 0.1) is 11.2 Å². The second-order valence-corrected chi connectivity index (χ2v) is 6.41. The summed E-state index contributed by atoms with van der Waals surface area (Å²) in [6.45, 7) is 8.39. The van der Waals surface area contributed by atoms with Crippen molar-refractivity contribution >= 4 is 7.12 Å². The quantitative estimate of drug-likeness (QED) is 0.679. The maximum atomic E-state index is 5.95. The van der Waals surface area contributed by atoms with Gasteiger partial charge in [0.25, 0.3) is 0 Å². The van der Waals surface area contributed by atoms with E-state index in [1.165, 1.54) is 32.1 Å². The molecule has 0 aromatic rings. The third-order valence-corrected chi connectivity index (χ3v) is 4.46. The normalized spacial score (nSPS) is 29.1. The van der Waals surface area contributed by atoms with E-state index in [2.05, 4.69) is 39.7 Å². The molecule has 1 heterocycles. The lowest BCUT2D eigenvalue weighted by Crippen LogP contribution is -2.41. The SMILES string of the molecule is CC1(C)OB(C=CC2CCCCC2)OC1(C)C. The first-order valence-electron chi connectivity index (χ1n) is 6.95. The number of rotatable bonds is 2. The maximum Gasteiger partial charge on any atom is 0.486 e. The predicted molar refractivity (Wildman–Crippen MR) is 71.8 cm³/mol. The molecule has 2 rings (SSSR count). The standard InChI is InChI=1S/C14H25BO2/c1-13(2)14(3,4)17-15(16-13)11-10-12-8-6-5-7-9-12/h10-12H,5-9H2,1-4H3. The van der Waals surface area contributed by atoms with E-state index in [-0.39, 0.29) is 18.3 Å². The van der Waals surface area contributed by atoms with Crippen LogP contribution in [0.3, 0.4) is 0 Å². The summed E-state index contributed by atoms with van der Waals surface area (Å²) in [6.07, 6.45) is 9.12. The van der Waals surface area contributed by atoms with Crippen LogP contribution < -0.4 is 0 Å². The highest BCUT2D eigenvalue weighted by molar-refractivity contribution is 6.51. The Kier molecular flexibility index (Phi) is 3.70. The Labute approximate surface area is 106 Å². The van der Waals surface area contributed by atoms with Crippen LogP contribution in [0.5, 0.6) is 0 Å². The Morgan fingerprint density at radius 1 is 0.941 bits per heavy atom. The zero-order chi connectivity index (χ0) is 12.5. The van der Waals surface area contributed by atoms with Crippen molar-refractivity contribution in [1.82, 2.24) is 0 Å². The monoisotopic (exact) mass is 236 g/mol. The molecule has 0 radical (unpaired) electrons. The zero-order valence-corrected chi connectivity index (χ0v) is 11.7. The van der Waals surface area contributed by atoms with Gasteiger partial charge in [0.1, 0.15) is 0 Å². The third kappa shape index (κ3) is 2.94. The highest BCUT2D eigenvalue weighted by atomic mass is 16.7. The van der Waals surface area contributed by atoms with Crippen molar-refractivity contribution in [3.8, 4) is 0 Å².